The Morgan fingerprint density at radius 1 is 0.346 bits per heavy atom. The molecule has 3 fully saturated rings. The van der Waals surface area contributed by atoms with Crippen LogP contribution in [-0.4, -0.2) is 63.9 Å². The molecule has 78 heavy (non-hydrogen) atoms. The van der Waals surface area contributed by atoms with E-state index in [2.05, 4.69) is 229 Å². The van der Waals surface area contributed by atoms with Gasteiger partial charge in [-0.05, 0) is 171 Å². The third-order valence-corrected chi connectivity index (χ3v) is 18.2. The number of para-hydroxylation sites is 4. The van der Waals surface area contributed by atoms with Crippen LogP contribution in [-0.2, 0) is 27.9 Å². The summed E-state index contributed by atoms with van der Waals surface area (Å²) >= 11 is 3.65. The minimum absolute atomic E-state index is 0.358. The number of aromatic nitrogens is 2. The van der Waals surface area contributed by atoms with Gasteiger partial charge in [0.1, 0.15) is 0 Å². The van der Waals surface area contributed by atoms with E-state index in [0.29, 0.717) is 23.7 Å². The molecule has 0 bridgehead atoms. The number of hydrogen-bond acceptors (Lipinski definition) is 6. The number of fused-ring (bicyclic) bond motifs is 6. The number of halogens is 1. The van der Waals surface area contributed by atoms with Crippen molar-refractivity contribution in [2.24, 2.45) is 0 Å². The molecule has 5 heterocycles. The van der Waals surface area contributed by atoms with E-state index < -0.39 is 14.0 Å². The fraction of sp³-hybridized carbons (Fsp3) is 0.455. The lowest BCUT2D eigenvalue weighted by atomic mass is 9.49. The van der Waals surface area contributed by atoms with Crippen LogP contribution < -0.4 is 5.46 Å². The Morgan fingerprint density at radius 3 is 1.01 bits per heavy atom. The molecule has 8 aromatic rings. The summed E-state index contributed by atoms with van der Waals surface area (Å²) in [5.41, 5.74) is 12.1. The van der Waals surface area contributed by atoms with E-state index in [1.54, 1.807) is 0 Å². The van der Waals surface area contributed by atoms with E-state index in [9.17, 15) is 0 Å². The Balaban J connectivity index is 0.000000149. The van der Waals surface area contributed by atoms with Gasteiger partial charge in [0.25, 0.3) is 0 Å². The molecular formula is C66H84B3BrN2O6. The number of hydrogen-bond donors (Lipinski definition) is 0. The van der Waals surface area contributed by atoms with Crippen molar-refractivity contribution in [3.63, 3.8) is 0 Å². The van der Waals surface area contributed by atoms with Gasteiger partial charge >= 0.3 is 21.1 Å². The molecule has 12 heteroatoms. The Kier molecular flexibility index (Phi) is 15.6. The summed E-state index contributed by atoms with van der Waals surface area (Å²) in [6.45, 7) is 42.9. The Morgan fingerprint density at radius 2 is 0.654 bits per heavy atom. The molecule has 0 unspecified atom stereocenters. The maximum Gasteiger partial charge on any atom is 0.494 e. The van der Waals surface area contributed by atoms with Crippen molar-refractivity contribution in [2.75, 3.05) is 0 Å². The molecule has 3 aliphatic heterocycles. The van der Waals surface area contributed by atoms with Crippen molar-refractivity contribution in [2.45, 2.75) is 196 Å². The summed E-state index contributed by atoms with van der Waals surface area (Å²) in [5, 5.41) is 5.08. The van der Waals surface area contributed by atoms with Crippen molar-refractivity contribution < 1.29 is 27.9 Å². The smallest absolute Gasteiger partial charge is 0.405 e. The van der Waals surface area contributed by atoms with Gasteiger partial charge in [-0.2, -0.15) is 0 Å². The monoisotopic (exact) mass is 1110 g/mol. The Bertz CT molecular complexity index is 3380. The summed E-state index contributed by atoms with van der Waals surface area (Å²) in [6, 6.07) is 44.3. The third kappa shape index (κ3) is 10.4. The van der Waals surface area contributed by atoms with Gasteiger partial charge in [-0.1, -0.05) is 156 Å². The van der Waals surface area contributed by atoms with E-state index >= 15 is 0 Å². The molecule has 11 rings (SSSR count). The van der Waals surface area contributed by atoms with Crippen molar-refractivity contribution in [1.29, 1.82) is 0 Å². The second-order valence-corrected chi connectivity index (χ2v) is 27.1. The molecule has 0 amide bonds. The molecule has 0 N–H and O–H groups in total. The minimum atomic E-state index is -0.476. The third-order valence-electron chi connectivity index (χ3n) is 17.8. The van der Waals surface area contributed by atoms with Crippen LogP contribution in [0, 0.1) is 0 Å². The highest BCUT2D eigenvalue weighted by Gasteiger charge is 2.64. The summed E-state index contributed by atoms with van der Waals surface area (Å²) in [6.07, 6.45) is 0. The molecule has 8 nitrogen and oxygen atoms in total. The van der Waals surface area contributed by atoms with Crippen LogP contribution in [0.4, 0.5) is 0 Å². The summed E-state index contributed by atoms with van der Waals surface area (Å²) < 4.78 is 42.7. The highest BCUT2D eigenvalue weighted by Crippen LogP contribution is 2.45. The lowest BCUT2D eigenvalue weighted by Gasteiger charge is -2.32. The molecule has 0 aliphatic carbocycles. The van der Waals surface area contributed by atoms with Crippen molar-refractivity contribution in [3.8, 4) is 11.4 Å². The lowest BCUT2D eigenvalue weighted by molar-refractivity contribution is 0.00578. The Labute approximate surface area is 475 Å². The zero-order valence-corrected chi connectivity index (χ0v) is 51.9. The maximum absolute atomic E-state index is 6.37. The quantitative estimate of drug-likeness (QED) is 0.141. The average molecular weight is 1110 g/mol. The molecule has 3 saturated heterocycles. The van der Waals surface area contributed by atoms with Crippen LogP contribution in [0.3, 0.4) is 0 Å². The Hall–Kier alpha value is -4.65. The summed E-state index contributed by atoms with van der Waals surface area (Å²) in [7, 11) is -1.32. The topological polar surface area (TPSA) is 65.2 Å². The first kappa shape index (κ1) is 58.0. The second-order valence-electron chi connectivity index (χ2n) is 26.2. The standard InChI is InChI=1S/C30H36BNO2.C24H24BrN.C12H24B2O4/c1-19(2)22-13-11-14-23(20(3)4)28(22)32-26-15-10-9-12-24(26)25-18-21(16-17-27(25)32)31-33-29(5,6)30(7,8)34-31;1-15(2)18-9-7-10-19(16(3)4)24(18)26-22-11-6-5-8-20(22)21-14-17(25)12-13-23(21)26;1-9(2)10(3,4)16-13(15-9)14-17-11(5,6)12(7,8)18-14/h9-20H,1-8H3;5-16H,1-4H3;1-8H3. The van der Waals surface area contributed by atoms with Gasteiger partial charge in [-0.15, -0.1) is 0 Å². The fourth-order valence-corrected chi connectivity index (χ4v) is 11.4. The molecule has 0 saturated carbocycles. The molecule has 3 aliphatic rings. The number of nitrogens with zero attached hydrogens (tertiary/aromatic N) is 2. The van der Waals surface area contributed by atoms with Gasteiger partial charge in [0.15, 0.2) is 0 Å². The molecule has 0 atom stereocenters. The SMILES string of the molecule is CC(C)c1cccc(C(C)C)c1-n1c2ccccc2c2cc(B3OC(C)(C)C(C)(C)O3)ccc21.CC(C)c1cccc(C(C)C)c1-n1c2ccccc2c2cc(Br)ccc21.CC1(C)OB(B2OC(C)(C)C(C)(C)O2)OC1(C)C. The molecular weight excluding hydrogens is 1030 g/mol. The van der Waals surface area contributed by atoms with Crippen molar-refractivity contribution in [3.05, 3.63) is 148 Å². The number of benzene rings is 6. The predicted molar refractivity (Wildman–Crippen MR) is 333 cm³/mol. The largest absolute Gasteiger partial charge is 0.494 e. The molecule has 6 aromatic carbocycles. The second kappa shape index (κ2) is 21.0. The van der Waals surface area contributed by atoms with E-state index in [-0.39, 0.29) is 40.7 Å². The predicted octanol–water partition coefficient (Wildman–Crippen LogP) is 17.4. The van der Waals surface area contributed by atoms with E-state index in [1.165, 1.54) is 77.2 Å². The van der Waals surface area contributed by atoms with Gasteiger partial charge in [0, 0.05) is 26.0 Å². The highest BCUT2D eigenvalue weighted by molar-refractivity contribution is 9.10. The van der Waals surface area contributed by atoms with Crippen LogP contribution in [0.15, 0.2) is 126 Å². The van der Waals surface area contributed by atoms with Gasteiger partial charge < -0.3 is 37.1 Å². The zero-order chi connectivity index (χ0) is 56.8. The highest BCUT2D eigenvalue weighted by atomic mass is 79.9. The average Bonchev–Trinajstić information content (AvgIpc) is 4.19. The van der Waals surface area contributed by atoms with Crippen LogP contribution >= 0.6 is 15.9 Å². The van der Waals surface area contributed by atoms with Crippen LogP contribution in [0.1, 0.15) is 184 Å². The molecule has 2 aromatic heterocycles. The van der Waals surface area contributed by atoms with Gasteiger partial charge in [0.2, 0.25) is 0 Å². The summed E-state index contributed by atoms with van der Waals surface area (Å²) in [4.78, 5) is 0. The molecule has 410 valence electrons. The molecule has 0 radical (unpaired) electrons. The van der Waals surface area contributed by atoms with Crippen LogP contribution in [0.2, 0.25) is 0 Å². The lowest BCUT2D eigenvalue weighted by Crippen LogP contribution is -2.41. The van der Waals surface area contributed by atoms with Crippen LogP contribution in [0.25, 0.3) is 55.0 Å². The first-order chi connectivity index (χ1) is 36.4. The summed E-state index contributed by atoms with van der Waals surface area (Å²) in [5.74, 6) is 1.79. The first-order valence-electron chi connectivity index (χ1n) is 28.4. The van der Waals surface area contributed by atoms with Gasteiger partial charge in [0.05, 0.1) is 67.0 Å². The van der Waals surface area contributed by atoms with E-state index in [1.807, 2.05) is 55.4 Å². The first-order valence-corrected chi connectivity index (χ1v) is 29.2. The van der Waals surface area contributed by atoms with E-state index in [0.717, 1.165) is 9.94 Å². The maximum atomic E-state index is 6.37. The van der Waals surface area contributed by atoms with Crippen LogP contribution in [0.5, 0.6) is 0 Å². The zero-order valence-electron chi connectivity index (χ0n) is 50.3. The van der Waals surface area contributed by atoms with Gasteiger partial charge in [-0.3, -0.25) is 0 Å². The van der Waals surface area contributed by atoms with Crippen molar-refractivity contribution in [1.82, 2.24) is 9.13 Å². The van der Waals surface area contributed by atoms with Gasteiger partial charge in [-0.25, -0.2) is 0 Å². The van der Waals surface area contributed by atoms with E-state index in [4.69, 9.17) is 27.9 Å². The fourth-order valence-electron chi connectivity index (χ4n) is 11.1. The normalized spacial score (nSPS) is 19.0. The van der Waals surface area contributed by atoms with Crippen molar-refractivity contribution >= 4 is 86.1 Å². The molecule has 0 spiro atoms. The minimum Gasteiger partial charge on any atom is -0.405 e. The number of rotatable bonds is 8.